The Morgan fingerprint density at radius 3 is 1.87 bits per heavy atom. The van der Waals surface area contributed by atoms with Gasteiger partial charge in [0.05, 0.1) is 40.0 Å². The molecule has 0 amide bonds. The first-order chi connectivity index (χ1) is 7.31. The third kappa shape index (κ3) is 2.87. The molecule has 15 heavy (non-hydrogen) atoms. The predicted octanol–water partition coefficient (Wildman–Crippen LogP) is -2.04. The Bertz CT molecular complexity index is 171. The Labute approximate surface area is 90.8 Å². The molecule has 2 bridgehead atoms. The minimum Gasteiger partial charge on any atom is -0.395 e. The highest BCUT2D eigenvalue weighted by atomic mass is 16.3. The van der Waals surface area contributed by atoms with Gasteiger partial charge in [-0.05, 0) is 0 Å². The minimum atomic E-state index is 0.244. The molecule has 2 rings (SSSR count). The second-order valence-electron chi connectivity index (χ2n) is 4.35. The molecule has 2 fully saturated rings. The van der Waals surface area contributed by atoms with Crippen LogP contribution in [0.1, 0.15) is 0 Å². The molecule has 88 valence electrons. The van der Waals surface area contributed by atoms with E-state index in [0.29, 0.717) is 0 Å². The van der Waals surface area contributed by atoms with E-state index in [9.17, 15) is 0 Å². The first-order valence-electron chi connectivity index (χ1n) is 5.52. The van der Waals surface area contributed by atoms with E-state index in [2.05, 4.69) is 19.6 Å². The van der Waals surface area contributed by atoms with Crippen LogP contribution in [0.25, 0.3) is 0 Å². The number of hydrogen-bond donors (Lipinski definition) is 2. The van der Waals surface area contributed by atoms with Crippen LogP contribution in [0, 0.1) is 0 Å². The maximum absolute atomic E-state index is 8.91. The summed E-state index contributed by atoms with van der Waals surface area (Å²) in [6.45, 7) is 7.65. The molecule has 0 aliphatic carbocycles. The molecule has 6 nitrogen and oxygen atoms in total. The van der Waals surface area contributed by atoms with Gasteiger partial charge in [-0.1, -0.05) is 0 Å². The summed E-state index contributed by atoms with van der Waals surface area (Å²) in [5.41, 5.74) is 5.56. The molecule has 0 saturated carbocycles. The quantitative estimate of drug-likeness (QED) is 0.563. The standard InChI is InChI=1S/C9H21N5O/c10-1-2-11-5-13-7-12(3-4-15)8-14(6-11)9-13/h15H,1-10H2. The molecule has 2 saturated heterocycles. The maximum Gasteiger partial charge on any atom is 0.0559 e. The largest absolute Gasteiger partial charge is 0.395 e. The number of fused-ring (bicyclic) bond motifs is 2. The van der Waals surface area contributed by atoms with E-state index in [4.69, 9.17) is 10.8 Å². The molecule has 0 radical (unpaired) electrons. The highest BCUT2D eigenvalue weighted by molar-refractivity contribution is 4.74. The van der Waals surface area contributed by atoms with Crippen LogP contribution in [0.15, 0.2) is 0 Å². The summed E-state index contributed by atoms with van der Waals surface area (Å²) in [4.78, 5) is 9.37. The number of aliphatic hydroxyl groups excluding tert-OH is 1. The van der Waals surface area contributed by atoms with Gasteiger partial charge in [-0.3, -0.25) is 19.6 Å². The molecule has 2 aliphatic rings. The van der Waals surface area contributed by atoms with Crippen molar-refractivity contribution in [3.63, 3.8) is 0 Å². The number of rotatable bonds is 4. The summed E-state index contributed by atoms with van der Waals surface area (Å²) in [6, 6.07) is 0. The highest BCUT2D eigenvalue weighted by Crippen LogP contribution is 2.13. The van der Waals surface area contributed by atoms with Crippen molar-refractivity contribution in [3.05, 3.63) is 0 Å². The van der Waals surface area contributed by atoms with Gasteiger partial charge in [0.15, 0.2) is 0 Å². The molecular weight excluding hydrogens is 194 g/mol. The Hall–Kier alpha value is -0.240. The second-order valence-corrected chi connectivity index (χ2v) is 4.35. The Morgan fingerprint density at radius 1 is 0.867 bits per heavy atom. The van der Waals surface area contributed by atoms with Crippen LogP contribution in [0.2, 0.25) is 0 Å². The summed E-state index contributed by atoms with van der Waals surface area (Å²) in [5.74, 6) is 0. The van der Waals surface area contributed by atoms with Gasteiger partial charge in [0, 0.05) is 19.6 Å². The average molecular weight is 215 g/mol. The molecule has 3 N–H and O–H groups in total. The molecular formula is C9H21N5O. The summed E-state index contributed by atoms with van der Waals surface area (Å²) in [5, 5.41) is 8.91. The fourth-order valence-corrected chi connectivity index (χ4v) is 2.38. The smallest absolute Gasteiger partial charge is 0.0559 e. The fraction of sp³-hybridized carbons (Fsp3) is 1.00. The zero-order valence-electron chi connectivity index (χ0n) is 9.18. The van der Waals surface area contributed by atoms with Crippen molar-refractivity contribution >= 4 is 0 Å². The lowest BCUT2D eigenvalue weighted by Gasteiger charge is -2.49. The SMILES string of the molecule is NCCN1CN2CN(CCO)CN(C1)C2. The van der Waals surface area contributed by atoms with Gasteiger partial charge in [-0.15, -0.1) is 0 Å². The molecule has 0 aromatic heterocycles. The molecule has 0 aromatic carbocycles. The van der Waals surface area contributed by atoms with E-state index in [1.54, 1.807) is 0 Å². The number of hydrogen-bond acceptors (Lipinski definition) is 6. The van der Waals surface area contributed by atoms with Crippen molar-refractivity contribution in [1.29, 1.82) is 0 Å². The van der Waals surface area contributed by atoms with Crippen LogP contribution in [0.3, 0.4) is 0 Å². The third-order valence-electron chi connectivity index (χ3n) is 2.86. The zero-order chi connectivity index (χ0) is 10.7. The van der Waals surface area contributed by atoms with Gasteiger partial charge in [0.1, 0.15) is 0 Å². The monoisotopic (exact) mass is 215 g/mol. The van der Waals surface area contributed by atoms with Crippen molar-refractivity contribution in [2.75, 3.05) is 59.6 Å². The zero-order valence-corrected chi connectivity index (χ0v) is 9.18. The lowest BCUT2D eigenvalue weighted by molar-refractivity contribution is -0.121. The molecule has 6 heteroatoms. The van der Waals surface area contributed by atoms with Crippen LogP contribution in [-0.2, 0) is 0 Å². The number of aliphatic hydroxyl groups is 1. The second kappa shape index (κ2) is 5.20. The number of β-amino-alcohol motifs (C(OH)–C–C–N with tert-alkyl or cyclic N) is 1. The molecule has 0 spiro atoms. The highest BCUT2D eigenvalue weighted by Gasteiger charge is 2.29. The van der Waals surface area contributed by atoms with Gasteiger partial charge in [-0.2, -0.15) is 0 Å². The maximum atomic E-state index is 8.91. The van der Waals surface area contributed by atoms with Crippen molar-refractivity contribution in [2.45, 2.75) is 0 Å². The summed E-state index contributed by atoms with van der Waals surface area (Å²) in [6.07, 6.45) is 0. The molecule has 2 heterocycles. The Balaban J connectivity index is 1.85. The van der Waals surface area contributed by atoms with Crippen LogP contribution in [-0.4, -0.2) is 84.3 Å². The summed E-state index contributed by atoms with van der Waals surface area (Å²) in [7, 11) is 0. The minimum absolute atomic E-state index is 0.244. The van der Waals surface area contributed by atoms with E-state index < -0.39 is 0 Å². The van der Waals surface area contributed by atoms with Crippen molar-refractivity contribution < 1.29 is 5.11 Å². The fourth-order valence-electron chi connectivity index (χ4n) is 2.38. The van der Waals surface area contributed by atoms with Crippen LogP contribution in [0.4, 0.5) is 0 Å². The topological polar surface area (TPSA) is 59.2 Å². The van der Waals surface area contributed by atoms with Gasteiger partial charge in [0.25, 0.3) is 0 Å². The van der Waals surface area contributed by atoms with E-state index >= 15 is 0 Å². The third-order valence-corrected chi connectivity index (χ3v) is 2.86. The molecule has 2 aliphatic heterocycles. The lowest BCUT2D eigenvalue weighted by atomic mass is 10.4. The first kappa shape index (κ1) is 11.3. The van der Waals surface area contributed by atoms with Gasteiger partial charge >= 0.3 is 0 Å². The molecule has 2 unspecified atom stereocenters. The Kier molecular flexibility index (Phi) is 3.90. The van der Waals surface area contributed by atoms with Crippen molar-refractivity contribution in [1.82, 2.24) is 19.6 Å². The van der Waals surface area contributed by atoms with Gasteiger partial charge < -0.3 is 10.8 Å². The summed E-state index contributed by atoms with van der Waals surface area (Å²) >= 11 is 0. The van der Waals surface area contributed by atoms with Crippen LogP contribution < -0.4 is 5.73 Å². The average Bonchev–Trinajstić information content (AvgIpc) is 2.17. The van der Waals surface area contributed by atoms with Crippen molar-refractivity contribution in [2.24, 2.45) is 5.73 Å². The predicted molar refractivity (Wildman–Crippen MR) is 57.6 cm³/mol. The van der Waals surface area contributed by atoms with Crippen LogP contribution >= 0.6 is 0 Å². The van der Waals surface area contributed by atoms with E-state index in [1.807, 2.05) is 0 Å². The normalized spacial score (nSPS) is 33.2. The molecule has 0 aromatic rings. The first-order valence-corrected chi connectivity index (χ1v) is 5.52. The Morgan fingerprint density at radius 2 is 1.40 bits per heavy atom. The molecule has 2 atom stereocenters. The lowest BCUT2D eigenvalue weighted by Crippen LogP contribution is -2.64. The van der Waals surface area contributed by atoms with Gasteiger partial charge in [0.2, 0.25) is 0 Å². The van der Waals surface area contributed by atoms with Crippen molar-refractivity contribution in [3.8, 4) is 0 Å². The number of nitrogens with two attached hydrogens (primary N) is 1. The van der Waals surface area contributed by atoms with E-state index in [1.165, 1.54) is 0 Å². The summed E-state index contributed by atoms with van der Waals surface area (Å²) < 4.78 is 0. The van der Waals surface area contributed by atoms with E-state index in [-0.39, 0.29) is 6.61 Å². The number of nitrogens with zero attached hydrogens (tertiary/aromatic N) is 4. The van der Waals surface area contributed by atoms with E-state index in [0.717, 1.165) is 53.0 Å². The van der Waals surface area contributed by atoms with Gasteiger partial charge in [-0.25, -0.2) is 0 Å². The van der Waals surface area contributed by atoms with Crippen LogP contribution in [0.5, 0.6) is 0 Å².